The van der Waals surface area contributed by atoms with E-state index in [4.69, 9.17) is 4.74 Å². The Labute approximate surface area is 109 Å². The first kappa shape index (κ1) is 16.9. The second kappa shape index (κ2) is 8.93. The van der Waals surface area contributed by atoms with Crippen molar-refractivity contribution in [1.29, 1.82) is 0 Å². The van der Waals surface area contributed by atoms with Gasteiger partial charge in [-0.2, -0.15) is 0 Å². The van der Waals surface area contributed by atoms with Gasteiger partial charge in [-0.1, -0.05) is 20.8 Å². The van der Waals surface area contributed by atoms with Crippen LogP contribution < -0.4 is 5.32 Å². The van der Waals surface area contributed by atoms with Crippen LogP contribution in [-0.4, -0.2) is 25.3 Å². The molecule has 0 heterocycles. The predicted octanol–water partition coefficient (Wildman–Crippen LogP) is 4.00. The third kappa shape index (κ3) is 9.61. The van der Waals surface area contributed by atoms with Crippen molar-refractivity contribution < 1.29 is 4.74 Å². The summed E-state index contributed by atoms with van der Waals surface area (Å²) in [5, 5.41) is 3.66. The van der Waals surface area contributed by atoms with E-state index in [0.29, 0.717) is 6.04 Å². The van der Waals surface area contributed by atoms with Crippen molar-refractivity contribution >= 4 is 0 Å². The van der Waals surface area contributed by atoms with Gasteiger partial charge >= 0.3 is 0 Å². The van der Waals surface area contributed by atoms with Crippen LogP contribution in [0.4, 0.5) is 0 Å². The van der Waals surface area contributed by atoms with Crippen LogP contribution in [0.3, 0.4) is 0 Å². The summed E-state index contributed by atoms with van der Waals surface area (Å²) >= 11 is 0. The van der Waals surface area contributed by atoms with Crippen LogP contribution in [-0.2, 0) is 4.74 Å². The first-order valence-electron chi connectivity index (χ1n) is 7.19. The van der Waals surface area contributed by atoms with Gasteiger partial charge in [0.25, 0.3) is 0 Å². The highest BCUT2D eigenvalue weighted by molar-refractivity contribution is 4.73. The third-order valence-electron chi connectivity index (χ3n) is 3.32. The van der Waals surface area contributed by atoms with E-state index < -0.39 is 0 Å². The number of nitrogens with one attached hydrogen (secondary N) is 1. The van der Waals surface area contributed by atoms with Gasteiger partial charge in [0.05, 0.1) is 5.60 Å². The fourth-order valence-electron chi connectivity index (χ4n) is 2.10. The third-order valence-corrected chi connectivity index (χ3v) is 3.32. The van der Waals surface area contributed by atoms with Crippen molar-refractivity contribution in [2.75, 3.05) is 13.7 Å². The highest BCUT2D eigenvalue weighted by atomic mass is 16.5. The second-order valence-electron chi connectivity index (χ2n) is 6.14. The molecule has 0 aromatic heterocycles. The Hall–Kier alpha value is -0.0800. The second-order valence-corrected chi connectivity index (χ2v) is 6.14. The van der Waals surface area contributed by atoms with E-state index in [2.05, 4.69) is 39.9 Å². The minimum Gasteiger partial charge on any atom is -0.379 e. The van der Waals surface area contributed by atoms with Crippen molar-refractivity contribution in [2.24, 2.45) is 5.92 Å². The molecule has 0 rings (SSSR count). The van der Waals surface area contributed by atoms with E-state index >= 15 is 0 Å². The SMILES string of the molecule is CCCNC(CCCC(C)(C)OC)CC(C)C. The molecule has 2 nitrogen and oxygen atoms in total. The Balaban J connectivity index is 3.90. The molecule has 0 aliphatic rings. The van der Waals surface area contributed by atoms with Gasteiger partial charge in [-0.25, -0.2) is 0 Å². The lowest BCUT2D eigenvalue weighted by Crippen LogP contribution is -2.32. The number of rotatable bonds is 10. The zero-order valence-corrected chi connectivity index (χ0v) is 12.8. The van der Waals surface area contributed by atoms with Crippen LogP contribution in [0.25, 0.3) is 0 Å². The summed E-state index contributed by atoms with van der Waals surface area (Å²) in [6, 6.07) is 0.683. The maximum absolute atomic E-state index is 5.46. The number of hydrogen-bond acceptors (Lipinski definition) is 2. The number of hydrogen-bond donors (Lipinski definition) is 1. The molecule has 0 aromatic carbocycles. The Morgan fingerprint density at radius 2 is 1.88 bits per heavy atom. The molecule has 0 aliphatic carbocycles. The summed E-state index contributed by atoms with van der Waals surface area (Å²) in [4.78, 5) is 0. The Bertz CT molecular complexity index is 178. The standard InChI is InChI=1S/C15H33NO/c1-7-11-16-14(12-13(2)3)9-8-10-15(4,5)17-6/h13-14,16H,7-12H2,1-6H3. The summed E-state index contributed by atoms with van der Waals surface area (Å²) in [6.45, 7) is 12.3. The maximum Gasteiger partial charge on any atom is 0.0622 e. The van der Waals surface area contributed by atoms with Crippen LogP contribution in [0.1, 0.15) is 66.7 Å². The van der Waals surface area contributed by atoms with E-state index in [-0.39, 0.29) is 5.60 Å². The van der Waals surface area contributed by atoms with Crippen molar-refractivity contribution in [3.63, 3.8) is 0 Å². The summed E-state index contributed by atoms with van der Waals surface area (Å²) < 4.78 is 5.46. The Morgan fingerprint density at radius 3 is 2.35 bits per heavy atom. The molecular weight excluding hydrogens is 210 g/mol. The molecule has 0 radical (unpaired) electrons. The van der Waals surface area contributed by atoms with Gasteiger partial charge in [-0.15, -0.1) is 0 Å². The molecule has 17 heavy (non-hydrogen) atoms. The van der Waals surface area contributed by atoms with E-state index in [1.54, 1.807) is 7.11 Å². The molecule has 1 atom stereocenters. The molecule has 0 saturated carbocycles. The first-order valence-corrected chi connectivity index (χ1v) is 7.19. The number of ether oxygens (including phenoxy) is 1. The largest absolute Gasteiger partial charge is 0.379 e. The lowest BCUT2D eigenvalue weighted by molar-refractivity contribution is 0.0129. The van der Waals surface area contributed by atoms with E-state index in [1.165, 1.54) is 25.7 Å². The smallest absolute Gasteiger partial charge is 0.0622 e. The van der Waals surface area contributed by atoms with Crippen molar-refractivity contribution in [3.8, 4) is 0 Å². The average Bonchev–Trinajstić information content (AvgIpc) is 2.24. The summed E-state index contributed by atoms with van der Waals surface area (Å²) in [5.41, 5.74) is 0.0349. The maximum atomic E-state index is 5.46. The molecule has 104 valence electrons. The average molecular weight is 243 g/mol. The monoisotopic (exact) mass is 243 g/mol. The Kier molecular flexibility index (Phi) is 8.89. The minimum absolute atomic E-state index is 0.0349. The molecule has 0 fully saturated rings. The minimum atomic E-state index is 0.0349. The van der Waals surface area contributed by atoms with Crippen LogP contribution in [0, 0.1) is 5.92 Å². The fraction of sp³-hybridized carbons (Fsp3) is 1.00. The topological polar surface area (TPSA) is 21.3 Å². The Morgan fingerprint density at radius 1 is 1.24 bits per heavy atom. The summed E-state index contributed by atoms with van der Waals surface area (Å²) in [5.74, 6) is 0.778. The lowest BCUT2D eigenvalue weighted by Gasteiger charge is -2.25. The molecule has 0 spiro atoms. The molecule has 1 N–H and O–H groups in total. The first-order chi connectivity index (χ1) is 7.91. The normalized spacial score (nSPS) is 14.3. The van der Waals surface area contributed by atoms with Crippen LogP contribution in [0.15, 0.2) is 0 Å². The molecule has 2 heteroatoms. The molecule has 0 amide bonds. The van der Waals surface area contributed by atoms with Crippen LogP contribution >= 0.6 is 0 Å². The number of methoxy groups -OCH3 is 1. The van der Waals surface area contributed by atoms with Gasteiger partial charge in [0.1, 0.15) is 0 Å². The van der Waals surface area contributed by atoms with Crippen molar-refractivity contribution in [3.05, 3.63) is 0 Å². The zero-order chi connectivity index (χ0) is 13.3. The van der Waals surface area contributed by atoms with Gasteiger partial charge in [-0.05, 0) is 58.4 Å². The quantitative estimate of drug-likeness (QED) is 0.626. The molecule has 0 aromatic rings. The van der Waals surface area contributed by atoms with E-state index in [1.807, 2.05) is 0 Å². The molecule has 0 aliphatic heterocycles. The van der Waals surface area contributed by atoms with Crippen molar-refractivity contribution in [1.82, 2.24) is 5.32 Å². The van der Waals surface area contributed by atoms with E-state index in [0.717, 1.165) is 18.9 Å². The fourth-order valence-corrected chi connectivity index (χ4v) is 2.10. The zero-order valence-electron chi connectivity index (χ0n) is 12.8. The van der Waals surface area contributed by atoms with Gasteiger partial charge in [0.15, 0.2) is 0 Å². The van der Waals surface area contributed by atoms with Gasteiger partial charge in [0.2, 0.25) is 0 Å². The van der Waals surface area contributed by atoms with Crippen molar-refractivity contribution in [2.45, 2.75) is 78.4 Å². The molecule has 1 unspecified atom stereocenters. The van der Waals surface area contributed by atoms with Gasteiger partial charge in [-0.3, -0.25) is 0 Å². The predicted molar refractivity (Wildman–Crippen MR) is 76.5 cm³/mol. The molecule has 0 bridgehead atoms. The lowest BCUT2D eigenvalue weighted by atomic mass is 9.95. The summed E-state index contributed by atoms with van der Waals surface area (Å²) in [6.07, 6.45) is 6.16. The van der Waals surface area contributed by atoms with Crippen LogP contribution in [0.2, 0.25) is 0 Å². The highest BCUT2D eigenvalue weighted by Crippen LogP contribution is 2.19. The van der Waals surface area contributed by atoms with Crippen LogP contribution in [0.5, 0.6) is 0 Å². The molecular formula is C15H33NO. The van der Waals surface area contributed by atoms with E-state index in [9.17, 15) is 0 Å². The highest BCUT2D eigenvalue weighted by Gasteiger charge is 2.17. The summed E-state index contributed by atoms with van der Waals surface area (Å²) in [7, 11) is 1.81. The van der Waals surface area contributed by atoms with Gasteiger partial charge in [0, 0.05) is 13.2 Å². The molecule has 0 saturated heterocycles. The van der Waals surface area contributed by atoms with Gasteiger partial charge < -0.3 is 10.1 Å².